The highest BCUT2D eigenvalue weighted by molar-refractivity contribution is 5.89. The van der Waals surface area contributed by atoms with Crippen LogP contribution in [0.2, 0.25) is 0 Å². The number of carbonyl (C=O) groups excluding carboxylic acids is 1. The zero-order chi connectivity index (χ0) is 22.7. The van der Waals surface area contributed by atoms with Crippen molar-refractivity contribution in [3.8, 4) is 0 Å². The topological polar surface area (TPSA) is 92.3 Å². The van der Waals surface area contributed by atoms with Crippen LogP contribution < -0.4 is 15.5 Å². The molecule has 1 aliphatic heterocycles. The number of fused-ring (bicyclic) bond motifs is 2. The van der Waals surface area contributed by atoms with Gasteiger partial charge in [-0.3, -0.25) is 4.79 Å². The van der Waals surface area contributed by atoms with E-state index in [-0.39, 0.29) is 16.9 Å². The van der Waals surface area contributed by atoms with Crippen LogP contribution in [-0.4, -0.2) is 46.7 Å². The Morgan fingerprint density at radius 1 is 1.22 bits per heavy atom. The summed E-state index contributed by atoms with van der Waals surface area (Å²) in [5.41, 5.74) is 1.59. The summed E-state index contributed by atoms with van der Waals surface area (Å²) in [7, 11) is 1.66. The standard InChI is InChI=1S/C22H26F2N6O2/c1-13(31)27-16-8-15-14(10-25-16)21(4-5-21)12-30(15)18-9-17(26-11-22(32-3)6-7-22)28-19(29-18)20(2,23)24/h8-10H,4-7,11-12H2,1-3H3,(H,25,27,31)(H,26,28,29). The normalized spacial score (nSPS) is 19.6. The van der Waals surface area contributed by atoms with Gasteiger partial charge in [0.15, 0.2) is 0 Å². The smallest absolute Gasteiger partial charge is 0.303 e. The number of halogens is 2. The molecule has 32 heavy (non-hydrogen) atoms. The SMILES string of the molecule is COC1(CNc2cc(N3CC4(CC4)c4cnc(NC(C)=O)cc43)nc(C(C)(F)F)n2)CC1. The molecule has 2 aromatic heterocycles. The van der Waals surface area contributed by atoms with Gasteiger partial charge in [-0.2, -0.15) is 8.78 Å². The van der Waals surface area contributed by atoms with Crippen LogP contribution in [-0.2, 0) is 20.9 Å². The van der Waals surface area contributed by atoms with Gasteiger partial charge in [-0.25, -0.2) is 15.0 Å². The fourth-order valence-electron chi connectivity index (χ4n) is 4.28. The number of methoxy groups -OCH3 is 1. The van der Waals surface area contributed by atoms with Crippen molar-refractivity contribution in [3.63, 3.8) is 0 Å². The summed E-state index contributed by atoms with van der Waals surface area (Å²) in [6, 6.07) is 3.48. The molecule has 0 bridgehead atoms. The summed E-state index contributed by atoms with van der Waals surface area (Å²) in [5.74, 6) is -2.80. The molecular formula is C22H26F2N6O2. The van der Waals surface area contributed by atoms with E-state index in [2.05, 4.69) is 25.6 Å². The van der Waals surface area contributed by atoms with Crippen LogP contribution in [0.15, 0.2) is 18.3 Å². The van der Waals surface area contributed by atoms with Crippen LogP contribution in [0.1, 0.15) is 50.9 Å². The van der Waals surface area contributed by atoms with Crippen molar-refractivity contribution < 1.29 is 18.3 Å². The third-order valence-electron chi connectivity index (χ3n) is 6.58. The minimum absolute atomic E-state index is 0.0430. The lowest BCUT2D eigenvalue weighted by Crippen LogP contribution is -2.26. The van der Waals surface area contributed by atoms with Gasteiger partial charge in [0.2, 0.25) is 11.7 Å². The second kappa shape index (κ2) is 7.06. The molecule has 170 valence electrons. The average molecular weight is 444 g/mol. The van der Waals surface area contributed by atoms with Gasteiger partial charge in [-0.05, 0) is 25.7 Å². The van der Waals surface area contributed by atoms with E-state index in [1.807, 2.05) is 4.90 Å². The van der Waals surface area contributed by atoms with Crippen LogP contribution in [0, 0.1) is 0 Å². The number of alkyl halides is 2. The molecule has 10 heteroatoms. The van der Waals surface area contributed by atoms with Crippen molar-refractivity contribution in [3.05, 3.63) is 29.7 Å². The molecule has 2 saturated carbocycles. The van der Waals surface area contributed by atoms with Gasteiger partial charge >= 0.3 is 5.92 Å². The maximum absolute atomic E-state index is 14.3. The van der Waals surface area contributed by atoms with Gasteiger partial charge < -0.3 is 20.3 Å². The number of amides is 1. The van der Waals surface area contributed by atoms with Crippen molar-refractivity contribution in [1.82, 2.24) is 15.0 Å². The lowest BCUT2D eigenvalue weighted by atomic mass is 10.0. The summed E-state index contributed by atoms with van der Waals surface area (Å²) >= 11 is 0. The molecular weight excluding hydrogens is 418 g/mol. The molecule has 2 fully saturated rings. The van der Waals surface area contributed by atoms with E-state index in [0.717, 1.165) is 43.9 Å². The highest BCUT2D eigenvalue weighted by Gasteiger charge is 2.53. The number of rotatable bonds is 7. The maximum Gasteiger partial charge on any atom is 0.303 e. The molecule has 0 saturated heterocycles. The second-order valence-corrected chi connectivity index (χ2v) is 9.20. The van der Waals surface area contributed by atoms with Gasteiger partial charge in [0, 0.05) is 63.4 Å². The van der Waals surface area contributed by atoms with Crippen molar-refractivity contribution >= 4 is 29.0 Å². The van der Waals surface area contributed by atoms with Crippen molar-refractivity contribution in [1.29, 1.82) is 0 Å². The number of hydrogen-bond donors (Lipinski definition) is 2. The molecule has 2 N–H and O–H groups in total. The molecule has 2 aliphatic carbocycles. The maximum atomic E-state index is 14.3. The Balaban J connectivity index is 1.53. The predicted octanol–water partition coefficient (Wildman–Crippen LogP) is 3.72. The van der Waals surface area contributed by atoms with E-state index in [0.29, 0.717) is 30.5 Å². The molecule has 3 heterocycles. The van der Waals surface area contributed by atoms with Gasteiger partial charge in [0.25, 0.3) is 0 Å². The second-order valence-electron chi connectivity index (χ2n) is 9.20. The highest BCUT2D eigenvalue weighted by atomic mass is 19.3. The van der Waals surface area contributed by atoms with E-state index < -0.39 is 11.7 Å². The Bertz CT molecular complexity index is 1080. The highest BCUT2D eigenvalue weighted by Crippen LogP contribution is 2.58. The van der Waals surface area contributed by atoms with E-state index in [1.54, 1.807) is 25.4 Å². The zero-order valence-electron chi connectivity index (χ0n) is 18.3. The predicted molar refractivity (Wildman–Crippen MR) is 116 cm³/mol. The molecule has 0 atom stereocenters. The number of carbonyl (C=O) groups is 1. The van der Waals surface area contributed by atoms with Gasteiger partial charge in [0.1, 0.15) is 17.5 Å². The molecule has 0 aromatic carbocycles. The van der Waals surface area contributed by atoms with Crippen LogP contribution in [0.4, 0.5) is 31.9 Å². The fourth-order valence-corrected chi connectivity index (χ4v) is 4.28. The number of nitrogens with one attached hydrogen (secondary N) is 2. The van der Waals surface area contributed by atoms with Crippen LogP contribution >= 0.6 is 0 Å². The van der Waals surface area contributed by atoms with E-state index >= 15 is 0 Å². The quantitative estimate of drug-likeness (QED) is 0.673. The lowest BCUT2D eigenvalue weighted by molar-refractivity contribution is -0.114. The van der Waals surface area contributed by atoms with E-state index in [1.165, 1.54) is 6.92 Å². The van der Waals surface area contributed by atoms with Crippen molar-refractivity contribution in [2.24, 2.45) is 0 Å². The Hall–Kier alpha value is -2.88. The van der Waals surface area contributed by atoms with Gasteiger partial charge in [-0.15, -0.1) is 0 Å². The van der Waals surface area contributed by atoms with Crippen LogP contribution in [0.3, 0.4) is 0 Å². The Labute approximate surface area is 184 Å². The summed E-state index contributed by atoms with van der Waals surface area (Å²) in [6.45, 7) is 3.33. The third-order valence-corrected chi connectivity index (χ3v) is 6.58. The van der Waals surface area contributed by atoms with E-state index in [9.17, 15) is 13.6 Å². The monoisotopic (exact) mass is 444 g/mol. The fraction of sp³-hybridized carbons (Fsp3) is 0.545. The number of ether oxygens (including phenoxy) is 1. The molecule has 1 spiro atoms. The van der Waals surface area contributed by atoms with Crippen molar-refractivity contribution in [2.45, 2.75) is 56.5 Å². The van der Waals surface area contributed by atoms with Crippen LogP contribution in [0.5, 0.6) is 0 Å². The van der Waals surface area contributed by atoms with Gasteiger partial charge in [0.05, 0.1) is 11.3 Å². The third kappa shape index (κ3) is 3.76. The summed E-state index contributed by atoms with van der Waals surface area (Å²) in [6.07, 6.45) is 5.62. The molecule has 3 aliphatic rings. The summed E-state index contributed by atoms with van der Waals surface area (Å²) in [4.78, 5) is 26.1. The minimum Gasteiger partial charge on any atom is -0.376 e. The Morgan fingerprint density at radius 2 is 1.97 bits per heavy atom. The number of anilines is 4. The number of nitrogens with zero attached hydrogens (tertiary/aromatic N) is 4. The summed E-state index contributed by atoms with van der Waals surface area (Å²) < 4.78 is 34.1. The first kappa shape index (κ1) is 21.0. The first-order valence-electron chi connectivity index (χ1n) is 10.8. The largest absolute Gasteiger partial charge is 0.376 e. The van der Waals surface area contributed by atoms with Crippen molar-refractivity contribution in [2.75, 3.05) is 35.7 Å². The Kier molecular flexibility index (Phi) is 4.63. The lowest BCUT2D eigenvalue weighted by Gasteiger charge is -2.22. The Morgan fingerprint density at radius 3 is 2.56 bits per heavy atom. The molecule has 8 nitrogen and oxygen atoms in total. The molecule has 5 rings (SSSR count). The molecule has 1 amide bonds. The van der Waals surface area contributed by atoms with Gasteiger partial charge in [-0.1, -0.05) is 0 Å². The number of pyridine rings is 1. The van der Waals surface area contributed by atoms with E-state index in [4.69, 9.17) is 4.74 Å². The summed E-state index contributed by atoms with van der Waals surface area (Å²) in [5, 5.41) is 5.86. The molecule has 0 unspecified atom stereocenters. The van der Waals surface area contributed by atoms with Crippen LogP contribution in [0.25, 0.3) is 0 Å². The molecule has 0 radical (unpaired) electrons. The number of hydrogen-bond acceptors (Lipinski definition) is 7. The first-order chi connectivity index (χ1) is 15.1. The minimum atomic E-state index is -3.19. The first-order valence-corrected chi connectivity index (χ1v) is 10.8. The zero-order valence-corrected chi connectivity index (χ0v) is 18.3. The average Bonchev–Trinajstić information content (AvgIpc) is 3.64. The molecule has 2 aromatic rings. The number of aromatic nitrogens is 3.